The highest BCUT2D eigenvalue weighted by Gasteiger charge is 2.15. The molecule has 3 N–H and O–H groups in total. The van der Waals surface area contributed by atoms with E-state index in [9.17, 15) is 19.8 Å². The number of H-pyrrole nitrogens is 1. The van der Waals surface area contributed by atoms with Crippen molar-refractivity contribution in [2.45, 2.75) is 6.92 Å². The van der Waals surface area contributed by atoms with Crippen molar-refractivity contribution in [3.8, 4) is 17.2 Å². The molecule has 6 heteroatoms. The van der Waals surface area contributed by atoms with Crippen LogP contribution < -0.4 is 10.3 Å². The number of carbonyl (C=O) groups is 1. The molecule has 0 amide bonds. The van der Waals surface area contributed by atoms with Gasteiger partial charge in [-0.05, 0) is 12.1 Å². The van der Waals surface area contributed by atoms with Gasteiger partial charge < -0.3 is 19.9 Å². The molecular formula is C11H9NO5. The van der Waals surface area contributed by atoms with Crippen LogP contribution in [0, 0.1) is 0 Å². The maximum atomic E-state index is 11.5. The van der Waals surface area contributed by atoms with Gasteiger partial charge >= 0.3 is 5.97 Å². The molecule has 6 nitrogen and oxygen atoms in total. The Kier molecular flexibility index (Phi) is 2.47. The zero-order chi connectivity index (χ0) is 12.6. The topological polar surface area (TPSA) is 99.6 Å². The Morgan fingerprint density at radius 2 is 2.06 bits per heavy atom. The number of benzene rings is 1. The van der Waals surface area contributed by atoms with E-state index in [0.29, 0.717) is 0 Å². The highest BCUT2D eigenvalue weighted by molar-refractivity contribution is 5.88. The molecule has 0 aliphatic rings. The number of phenolic OH excluding ortho intramolecular Hbond substituents is 1. The van der Waals surface area contributed by atoms with Crippen LogP contribution >= 0.6 is 0 Å². The highest BCUT2D eigenvalue weighted by Crippen LogP contribution is 2.31. The average molecular weight is 235 g/mol. The van der Waals surface area contributed by atoms with E-state index < -0.39 is 23.0 Å². The van der Waals surface area contributed by atoms with Crippen LogP contribution in [0.2, 0.25) is 0 Å². The number of fused-ring (bicyclic) bond motifs is 1. The van der Waals surface area contributed by atoms with Gasteiger partial charge in [-0.2, -0.15) is 0 Å². The van der Waals surface area contributed by atoms with Crippen molar-refractivity contribution in [3.05, 3.63) is 28.6 Å². The number of ether oxygens (including phenoxy) is 1. The van der Waals surface area contributed by atoms with Crippen LogP contribution in [0.1, 0.15) is 6.92 Å². The number of esters is 1. The summed E-state index contributed by atoms with van der Waals surface area (Å²) in [4.78, 5) is 24.7. The van der Waals surface area contributed by atoms with E-state index >= 15 is 0 Å². The zero-order valence-corrected chi connectivity index (χ0v) is 8.85. The minimum atomic E-state index is -0.740. The molecule has 0 fully saturated rings. The Hall–Kier alpha value is -2.50. The Balaban J connectivity index is 2.76. The van der Waals surface area contributed by atoms with E-state index in [-0.39, 0.29) is 16.7 Å². The van der Waals surface area contributed by atoms with Gasteiger partial charge in [0.15, 0.2) is 5.75 Å². The number of rotatable bonds is 1. The first kappa shape index (κ1) is 11.0. The lowest BCUT2D eigenvalue weighted by Crippen LogP contribution is -2.14. The lowest BCUT2D eigenvalue weighted by Gasteiger charge is -2.06. The Morgan fingerprint density at radius 3 is 2.71 bits per heavy atom. The molecule has 0 saturated carbocycles. The number of phenols is 1. The summed E-state index contributed by atoms with van der Waals surface area (Å²) in [6, 6.07) is 4.04. The lowest BCUT2D eigenvalue weighted by molar-refractivity contribution is -0.132. The smallest absolute Gasteiger partial charge is 0.308 e. The van der Waals surface area contributed by atoms with Crippen molar-refractivity contribution >= 4 is 16.9 Å². The van der Waals surface area contributed by atoms with Gasteiger partial charge in [0.2, 0.25) is 5.75 Å². The first-order chi connectivity index (χ1) is 7.99. The number of hydrogen-bond acceptors (Lipinski definition) is 5. The van der Waals surface area contributed by atoms with Gasteiger partial charge in [0.25, 0.3) is 5.56 Å². The van der Waals surface area contributed by atoms with Crippen molar-refractivity contribution in [1.29, 1.82) is 0 Å². The minimum Gasteiger partial charge on any atom is -0.508 e. The fourth-order valence-electron chi connectivity index (χ4n) is 1.49. The van der Waals surface area contributed by atoms with E-state index in [1.54, 1.807) is 0 Å². The van der Waals surface area contributed by atoms with Gasteiger partial charge in [-0.3, -0.25) is 9.59 Å². The average Bonchev–Trinajstić information content (AvgIpc) is 2.23. The van der Waals surface area contributed by atoms with E-state index in [0.717, 1.165) is 6.92 Å². The van der Waals surface area contributed by atoms with Crippen LogP contribution in [0.5, 0.6) is 17.2 Å². The first-order valence-electron chi connectivity index (χ1n) is 4.75. The van der Waals surface area contributed by atoms with Crippen LogP contribution in [0.4, 0.5) is 0 Å². The fraction of sp³-hybridized carbons (Fsp3) is 0.0909. The molecule has 0 atom stereocenters. The van der Waals surface area contributed by atoms with Gasteiger partial charge in [0.05, 0.1) is 5.52 Å². The zero-order valence-electron chi connectivity index (χ0n) is 8.85. The number of carbonyl (C=O) groups excluding carboxylic acids is 1. The summed E-state index contributed by atoms with van der Waals surface area (Å²) >= 11 is 0. The molecule has 1 heterocycles. The monoisotopic (exact) mass is 235 g/mol. The van der Waals surface area contributed by atoms with Crippen LogP contribution in [-0.2, 0) is 4.79 Å². The maximum absolute atomic E-state index is 11.5. The summed E-state index contributed by atoms with van der Waals surface area (Å²) < 4.78 is 4.62. The van der Waals surface area contributed by atoms with Crippen molar-refractivity contribution in [1.82, 2.24) is 4.98 Å². The van der Waals surface area contributed by atoms with Crippen molar-refractivity contribution in [3.63, 3.8) is 0 Å². The van der Waals surface area contributed by atoms with Crippen molar-refractivity contribution < 1.29 is 19.7 Å². The molecule has 2 aromatic rings. The van der Waals surface area contributed by atoms with Crippen molar-refractivity contribution in [2.24, 2.45) is 0 Å². The SMILES string of the molecule is CC(=O)Oc1c(O)c2ccc(O)cc2[nH]c1=O. The van der Waals surface area contributed by atoms with E-state index in [4.69, 9.17) is 0 Å². The van der Waals surface area contributed by atoms with E-state index in [1.165, 1.54) is 18.2 Å². The van der Waals surface area contributed by atoms with Gasteiger partial charge in [-0.15, -0.1) is 0 Å². The molecule has 1 aromatic carbocycles. The molecule has 0 bridgehead atoms. The molecule has 2 rings (SSSR count). The van der Waals surface area contributed by atoms with Crippen LogP contribution in [0.3, 0.4) is 0 Å². The predicted octanol–water partition coefficient (Wildman–Crippen LogP) is 0.865. The second-order valence-corrected chi connectivity index (χ2v) is 3.46. The second kappa shape index (κ2) is 3.82. The molecule has 0 spiro atoms. The van der Waals surface area contributed by atoms with Gasteiger partial charge in [-0.25, -0.2) is 0 Å². The number of aromatic nitrogens is 1. The van der Waals surface area contributed by atoms with Crippen LogP contribution in [-0.4, -0.2) is 21.2 Å². The quantitative estimate of drug-likeness (QED) is 0.637. The van der Waals surface area contributed by atoms with Crippen LogP contribution in [0.15, 0.2) is 23.0 Å². The number of pyridine rings is 1. The second-order valence-electron chi connectivity index (χ2n) is 3.46. The third kappa shape index (κ3) is 1.92. The van der Waals surface area contributed by atoms with Crippen LogP contribution in [0.25, 0.3) is 10.9 Å². The Morgan fingerprint density at radius 1 is 1.35 bits per heavy atom. The lowest BCUT2D eigenvalue weighted by atomic mass is 10.2. The standard InChI is InChI=1S/C11H9NO5/c1-5(13)17-10-9(15)7-3-2-6(14)4-8(7)12-11(10)16/h2-4,14H,1H3,(H2,12,15,16). The summed E-state index contributed by atoms with van der Waals surface area (Å²) in [6.07, 6.45) is 0. The predicted molar refractivity (Wildman–Crippen MR) is 59.2 cm³/mol. The molecule has 0 aliphatic heterocycles. The molecular weight excluding hydrogens is 226 g/mol. The Bertz CT molecular complexity index is 659. The molecule has 0 unspecified atom stereocenters. The van der Waals surface area contributed by atoms with E-state index in [1.807, 2.05) is 0 Å². The highest BCUT2D eigenvalue weighted by atomic mass is 16.5. The van der Waals surface area contributed by atoms with E-state index in [2.05, 4.69) is 9.72 Å². The molecule has 0 radical (unpaired) electrons. The molecule has 1 aromatic heterocycles. The van der Waals surface area contributed by atoms with Gasteiger partial charge in [-0.1, -0.05) is 0 Å². The third-order valence-corrected chi connectivity index (χ3v) is 2.17. The summed E-state index contributed by atoms with van der Waals surface area (Å²) in [5.41, 5.74) is -0.487. The van der Waals surface area contributed by atoms with Gasteiger partial charge in [0, 0.05) is 18.4 Å². The summed E-state index contributed by atoms with van der Waals surface area (Å²) in [5, 5.41) is 19.3. The molecule has 0 saturated heterocycles. The van der Waals surface area contributed by atoms with Crippen molar-refractivity contribution in [2.75, 3.05) is 0 Å². The number of aromatic hydroxyl groups is 2. The Labute approximate surface area is 95.1 Å². The number of aromatic amines is 1. The molecule has 0 aliphatic carbocycles. The normalized spacial score (nSPS) is 10.4. The minimum absolute atomic E-state index is 0.0483. The summed E-state index contributed by atoms with van der Waals surface area (Å²) in [6.45, 7) is 1.12. The first-order valence-corrected chi connectivity index (χ1v) is 4.75. The third-order valence-electron chi connectivity index (χ3n) is 2.17. The van der Waals surface area contributed by atoms with Gasteiger partial charge in [0.1, 0.15) is 5.75 Å². The number of nitrogens with one attached hydrogen (secondary N) is 1. The largest absolute Gasteiger partial charge is 0.508 e. The number of hydrogen-bond donors (Lipinski definition) is 3. The maximum Gasteiger partial charge on any atom is 0.308 e. The molecule has 17 heavy (non-hydrogen) atoms. The fourth-order valence-corrected chi connectivity index (χ4v) is 1.49. The summed E-state index contributed by atoms with van der Waals surface area (Å²) in [5.74, 6) is -1.63. The summed E-state index contributed by atoms with van der Waals surface area (Å²) in [7, 11) is 0. The molecule has 88 valence electrons.